The van der Waals surface area contributed by atoms with Crippen molar-refractivity contribution in [3.8, 4) is 0 Å². The van der Waals surface area contributed by atoms with Crippen molar-refractivity contribution in [2.24, 2.45) is 5.73 Å². The van der Waals surface area contributed by atoms with Crippen molar-refractivity contribution in [2.45, 2.75) is 51.0 Å². The molecule has 2 N–H and O–H groups in total. The van der Waals surface area contributed by atoms with E-state index >= 15 is 0 Å². The summed E-state index contributed by atoms with van der Waals surface area (Å²) in [6.07, 6.45) is 9.43. The second-order valence-electron chi connectivity index (χ2n) is 6.38. The first kappa shape index (κ1) is 14.6. The van der Waals surface area contributed by atoms with Crippen LogP contribution < -0.4 is 5.73 Å². The van der Waals surface area contributed by atoms with Crippen LogP contribution in [0.5, 0.6) is 0 Å². The summed E-state index contributed by atoms with van der Waals surface area (Å²) >= 11 is 0. The largest absolute Gasteiger partial charge is 0.369 e. The van der Waals surface area contributed by atoms with E-state index in [0.29, 0.717) is 0 Å². The van der Waals surface area contributed by atoms with Crippen molar-refractivity contribution in [1.82, 2.24) is 4.90 Å². The summed E-state index contributed by atoms with van der Waals surface area (Å²) in [7, 11) is 0. The molecule has 1 radical (unpaired) electrons. The second-order valence-corrected chi connectivity index (χ2v) is 6.38. The summed E-state index contributed by atoms with van der Waals surface area (Å²) in [6, 6.07) is 6.59. The first-order valence-electron chi connectivity index (χ1n) is 8.21. The standard InChI is InChI=1S/C18H25N2O/c19-18(21)17-7-5-6-15-12-14(8-9-16(15)17)13-20-10-3-1-2-4-11-20/h7-9,12,17H,1-6,10-11,13H2,(H2,19,21)/t17-/m0/s1. The maximum absolute atomic E-state index is 11.5. The van der Waals surface area contributed by atoms with Crippen LogP contribution in [0.1, 0.15) is 54.7 Å². The van der Waals surface area contributed by atoms with Crippen LogP contribution in [0.2, 0.25) is 0 Å². The highest BCUT2D eigenvalue weighted by atomic mass is 16.1. The minimum Gasteiger partial charge on any atom is -0.369 e. The second kappa shape index (κ2) is 6.61. The number of primary amides is 1. The van der Waals surface area contributed by atoms with E-state index in [4.69, 9.17) is 5.73 Å². The third-order valence-corrected chi connectivity index (χ3v) is 4.77. The number of benzene rings is 1. The first-order chi connectivity index (χ1) is 10.2. The number of carbonyl (C=O) groups is 1. The number of amides is 1. The maximum atomic E-state index is 11.5. The fraction of sp³-hybridized carbons (Fsp3) is 0.556. The quantitative estimate of drug-likeness (QED) is 0.928. The lowest BCUT2D eigenvalue weighted by atomic mass is 9.81. The molecule has 1 aromatic carbocycles. The highest BCUT2D eigenvalue weighted by Gasteiger charge is 2.25. The number of fused-ring (bicyclic) bond motifs is 1. The number of carbonyl (C=O) groups excluding carboxylic acids is 1. The third-order valence-electron chi connectivity index (χ3n) is 4.77. The van der Waals surface area contributed by atoms with Gasteiger partial charge in [0.25, 0.3) is 0 Å². The van der Waals surface area contributed by atoms with Crippen LogP contribution in [-0.2, 0) is 17.8 Å². The normalized spacial score (nSPS) is 23.3. The monoisotopic (exact) mass is 285 g/mol. The van der Waals surface area contributed by atoms with Gasteiger partial charge in [-0.25, -0.2) is 0 Å². The van der Waals surface area contributed by atoms with E-state index in [1.54, 1.807) is 0 Å². The van der Waals surface area contributed by atoms with Gasteiger partial charge in [-0.15, -0.1) is 0 Å². The summed E-state index contributed by atoms with van der Waals surface area (Å²) in [6.45, 7) is 3.47. The topological polar surface area (TPSA) is 46.3 Å². The molecule has 1 saturated heterocycles. The Bertz CT molecular complexity index is 504. The van der Waals surface area contributed by atoms with Gasteiger partial charge in [0.1, 0.15) is 0 Å². The molecule has 0 saturated carbocycles. The summed E-state index contributed by atoms with van der Waals surface area (Å²) in [5.74, 6) is -0.419. The molecule has 113 valence electrons. The van der Waals surface area contributed by atoms with Gasteiger partial charge in [0.05, 0.1) is 5.92 Å². The molecule has 1 aliphatic carbocycles. The smallest absolute Gasteiger partial charge is 0.225 e. The van der Waals surface area contributed by atoms with E-state index in [1.165, 1.54) is 49.9 Å². The fourth-order valence-corrected chi connectivity index (χ4v) is 3.63. The molecular formula is C18H25N2O. The summed E-state index contributed by atoms with van der Waals surface area (Å²) in [4.78, 5) is 14.1. The molecule has 1 aromatic rings. The van der Waals surface area contributed by atoms with Crippen molar-refractivity contribution in [3.63, 3.8) is 0 Å². The van der Waals surface area contributed by atoms with E-state index in [2.05, 4.69) is 29.5 Å². The average Bonchev–Trinajstić information content (AvgIpc) is 2.75. The number of likely N-dealkylation sites (tertiary alicyclic amines) is 1. The lowest BCUT2D eigenvalue weighted by Gasteiger charge is -2.25. The van der Waals surface area contributed by atoms with Gasteiger partial charge in [-0.1, -0.05) is 31.0 Å². The van der Waals surface area contributed by atoms with Gasteiger partial charge < -0.3 is 5.73 Å². The lowest BCUT2D eigenvalue weighted by molar-refractivity contribution is -0.118. The molecule has 21 heavy (non-hydrogen) atoms. The highest BCUT2D eigenvalue weighted by molar-refractivity contribution is 5.84. The Hall–Kier alpha value is -1.35. The number of hydrogen-bond donors (Lipinski definition) is 1. The van der Waals surface area contributed by atoms with Crippen LogP contribution in [0.4, 0.5) is 0 Å². The minimum atomic E-state index is -0.226. The molecule has 2 aliphatic rings. The van der Waals surface area contributed by atoms with Crippen LogP contribution in [0.25, 0.3) is 0 Å². The van der Waals surface area contributed by atoms with Crippen LogP contribution in [0.3, 0.4) is 0 Å². The van der Waals surface area contributed by atoms with Gasteiger partial charge in [0, 0.05) is 6.54 Å². The Morgan fingerprint density at radius 3 is 2.67 bits per heavy atom. The molecule has 1 fully saturated rings. The lowest BCUT2D eigenvalue weighted by Crippen LogP contribution is -2.26. The molecule has 1 aliphatic heterocycles. The molecule has 3 heteroatoms. The van der Waals surface area contributed by atoms with Gasteiger partial charge in [-0.2, -0.15) is 0 Å². The Morgan fingerprint density at radius 2 is 1.95 bits per heavy atom. The first-order valence-corrected chi connectivity index (χ1v) is 8.21. The van der Waals surface area contributed by atoms with E-state index in [9.17, 15) is 4.79 Å². The molecule has 3 rings (SSSR count). The number of hydrogen-bond acceptors (Lipinski definition) is 2. The van der Waals surface area contributed by atoms with Crippen LogP contribution in [0.15, 0.2) is 18.2 Å². The predicted octanol–water partition coefficient (Wildman–Crippen LogP) is 2.78. The van der Waals surface area contributed by atoms with Crippen molar-refractivity contribution in [1.29, 1.82) is 0 Å². The molecule has 0 unspecified atom stereocenters. The van der Waals surface area contributed by atoms with Gasteiger partial charge >= 0.3 is 0 Å². The highest BCUT2D eigenvalue weighted by Crippen LogP contribution is 2.31. The summed E-state index contributed by atoms with van der Waals surface area (Å²) < 4.78 is 0. The number of nitrogens with zero attached hydrogens (tertiary/aromatic N) is 1. The molecule has 0 spiro atoms. The Kier molecular flexibility index (Phi) is 4.59. The Labute approximate surface area is 127 Å². The van der Waals surface area contributed by atoms with Gasteiger partial charge in [0.2, 0.25) is 5.91 Å². The molecule has 1 heterocycles. The predicted molar refractivity (Wildman–Crippen MR) is 84.7 cm³/mol. The van der Waals surface area contributed by atoms with E-state index in [0.717, 1.165) is 24.9 Å². The third kappa shape index (κ3) is 3.46. The number of rotatable bonds is 3. The SMILES string of the molecule is NC(=O)[C@H]1[CH]CCc2cc(CN3CCCCCC3)ccc21. The van der Waals surface area contributed by atoms with Gasteiger partial charge in [0.15, 0.2) is 0 Å². The minimum absolute atomic E-state index is 0.194. The van der Waals surface area contributed by atoms with E-state index < -0.39 is 0 Å². The zero-order chi connectivity index (χ0) is 14.7. The molecule has 3 nitrogen and oxygen atoms in total. The fourth-order valence-electron chi connectivity index (χ4n) is 3.63. The number of nitrogens with two attached hydrogens (primary N) is 1. The summed E-state index contributed by atoms with van der Waals surface area (Å²) in [5, 5.41) is 0. The molecule has 0 bridgehead atoms. The molecule has 1 amide bonds. The van der Waals surface area contributed by atoms with Crippen molar-refractivity contribution < 1.29 is 4.79 Å². The zero-order valence-electron chi connectivity index (χ0n) is 12.7. The van der Waals surface area contributed by atoms with Crippen LogP contribution >= 0.6 is 0 Å². The van der Waals surface area contributed by atoms with Gasteiger partial charge in [-0.05, 0) is 61.9 Å². The molecular weight excluding hydrogens is 260 g/mol. The van der Waals surface area contributed by atoms with Crippen molar-refractivity contribution in [3.05, 3.63) is 41.3 Å². The van der Waals surface area contributed by atoms with Gasteiger partial charge in [-0.3, -0.25) is 9.69 Å². The summed E-state index contributed by atoms with van der Waals surface area (Å²) in [5.41, 5.74) is 9.32. The maximum Gasteiger partial charge on any atom is 0.225 e. The van der Waals surface area contributed by atoms with Crippen LogP contribution in [-0.4, -0.2) is 23.9 Å². The van der Waals surface area contributed by atoms with E-state index in [1.807, 2.05) is 0 Å². The van der Waals surface area contributed by atoms with E-state index in [-0.39, 0.29) is 11.8 Å². The van der Waals surface area contributed by atoms with Crippen molar-refractivity contribution in [2.75, 3.05) is 13.1 Å². The zero-order valence-corrected chi connectivity index (χ0v) is 12.7. The van der Waals surface area contributed by atoms with Crippen LogP contribution in [0, 0.1) is 6.42 Å². The average molecular weight is 285 g/mol. The Balaban J connectivity index is 1.74. The van der Waals surface area contributed by atoms with Crippen molar-refractivity contribution >= 4 is 5.91 Å². The number of aryl methyl sites for hydroxylation is 1. The Morgan fingerprint density at radius 1 is 1.19 bits per heavy atom. The molecule has 0 aromatic heterocycles. The molecule has 1 atom stereocenters.